The molecule has 0 aliphatic heterocycles. The van der Waals surface area contributed by atoms with E-state index in [1.54, 1.807) is 0 Å². The lowest BCUT2D eigenvalue weighted by Gasteiger charge is -2.07. The highest BCUT2D eigenvalue weighted by Crippen LogP contribution is 1.74. The molecule has 1 atom stereocenters. The Morgan fingerprint density at radius 1 is 1.80 bits per heavy atom. The third-order valence-electron chi connectivity index (χ3n) is 0.970. The van der Waals surface area contributed by atoms with E-state index in [2.05, 4.69) is 10.3 Å². The molecule has 0 bridgehead atoms. The molecule has 5 heteroatoms. The van der Waals surface area contributed by atoms with Gasteiger partial charge in [0, 0.05) is 13.6 Å². The highest BCUT2D eigenvalue weighted by molar-refractivity contribution is 5.77. The van der Waals surface area contributed by atoms with Gasteiger partial charge in [-0.2, -0.15) is 0 Å². The number of hydrogen-bond acceptors (Lipinski definition) is 3. The van der Waals surface area contributed by atoms with E-state index in [-0.39, 0.29) is 19.1 Å². The fourth-order valence-corrected chi connectivity index (χ4v) is 0.366. The predicted molar refractivity (Wildman–Crippen MR) is 38.6 cm³/mol. The molecule has 0 rings (SSSR count). The van der Waals surface area contributed by atoms with E-state index in [9.17, 15) is 0 Å². The largest absolute Gasteiger partial charge is 0.394 e. The first-order chi connectivity index (χ1) is 4.70. The number of aliphatic hydroxyl groups is 2. The van der Waals surface area contributed by atoms with Gasteiger partial charge >= 0.3 is 0 Å². The van der Waals surface area contributed by atoms with Crippen LogP contribution in [0.25, 0.3) is 0 Å². The number of rotatable bonds is 3. The predicted octanol–water partition coefficient (Wildman–Crippen LogP) is -2.13. The highest BCUT2D eigenvalue weighted by atomic mass is 16.3. The Morgan fingerprint density at radius 3 is 2.80 bits per heavy atom. The normalized spacial score (nSPS) is 14.9. The molecule has 0 saturated heterocycles. The van der Waals surface area contributed by atoms with Gasteiger partial charge in [-0.3, -0.25) is 4.99 Å². The van der Waals surface area contributed by atoms with Crippen LogP contribution in [0.15, 0.2) is 4.99 Å². The smallest absolute Gasteiger partial charge is 0.188 e. The second-order valence-corrected chi connectivity index (χ2v) is 1.83. The summed E-state index contributed by atoms with van der Waals surface area (Å²) in [6.07, 6.45) is -0.778. The van der Waals surface area contributed by atoms with Crippen LogP contribution in [0.4, 0.5) is 0 Å². The summed E-state index contributed by atoms with van der Waals surface area (Å²) in [5.41, 5.74) is 5.22. The number of nitrogens with zero attached hydrogens (tertiary/aromatic N) is 1. The van der Waals surface area contributed by atoms with Crippen LogP contribution in [-0.4, -0.2) is 42.5 Å². The monoisotopic (exact) mass is 147 g/mol. The molecule has 0 aromatic heterocycles. The van der Waals surface area contributed by atoms with Gasteiger partial charge in [0.05, 0.1) is 12.7 Å². The van der Waals surface area contributed by atoms with Crippen LogP contribution in [0, 0.1) is 0 Å². The van der Waals surface area contributed by atoms with Crippen molar-refractivity contribution in [2.45, 2.75) is 6.10 Å². The van der Waals surface area contributed by atoms with Gasteiger partial charge in [-0.05, 0) is 0 Å². The van der Waals surface area contributed by atoms with Crippen molar-refractivity contribution in [3.8, 4) is 0 Å². The van der Waals surface area contributed by atoms with Crippen LogP contribution >= 0.6 is 0 Å². The van der Waals surface area contributed by atoms with Gasteiger partial charge in [-0.15, -0.1) is 0 Å². The van der Waals surface area contributed by atoms with Gasteiger partial charge in [-0.1, -0.05) is 0 Å². The third kappa shape index (κ3) is 4.11. The van der Waals surface area contributed by atoms with Crippen molar-refractivity contribution < 1.29 is 10.2 Å². The molecule has 0 amide bonds. The van der Waals surface area contributed by atoms with Gasteiger partial charge in [0.25, 0.3) is 0 Å². The zero-order chi connectivity index (χ0) is 7.98. The topological polar surface area (TPSA) is 90.9 Å². The van der Waals surface area contributed by atoms with Crippen LogP contribution in [-0.2, 0) is 0 Å². The van der Waals surface area contributed by atoms with Crippen molar-refractivity contribution in [1.29, 1.82) is 0 Å². The van der Waals surface area contributed by atoms with Crippen molar-refractivity contribution in [3.05, 3.63) is 0 Å². The third-order valence-corrected chi connectivity index (χ3v) is 0.970. The summed E-state index contributed by atoms with van der Waals surface area (Å²) in [6, 6.07) is 0. The SMILES string of the molecule is CN=C(N)NCC(O)CO. The average Bonchev–Trinajstić information content (AvgIpc) is 1.99. The van der Waals surface area contributed by atoms with E-state index in [0.717, 1.165) is 0 Å². The van der Waals surface area contributed by atoms with Crippen molar-refractivity contribution >= 4 is 5.96 Å². The summed E-state index contributed by atoms with van der Waals surface area (Å²) in [6.45, 7) is -0.0519. The summed E-state index contributed by atoms with van der Waals surface area (Å²) in [5, 5.41) is 19.7. The van der Waals surface area contributed by atoms with Crippen LogP contribution < -0.4 is 11.1 Å². The van der Waals surface area contributed by atoms with Crippen LogP contribution in [0.2, 0.25) is 0 Å². The van der Waals surface area contributed by atoms with Gasteiger partial charge < -0.3 is 21.3 Å². The second-order valence-electron chi connectivity index (χ2n) is 1.83. The standard InChI is InChI=1S/C5H13N3O2/c1-7-5(6)8-2-4(10)3-9/h4,9-10H,2-3H2,1H3,(H3,6,7,8). The molecule has 0 aromatic rings. The minimum atomic E-state index is -0.778. The number of nitrogens with one attached hydrogen (secondary N) is 1. The van der Waals surface area contributed by atoms with Crippen molar-refractivity contribution in [2.24, 2.45) is 10.7 Å². The minimum Gasteiger partial charge on any atom is -0.394 e. The summed E-state index contributed by atoms with van der Waals surface area (Å²) < 4.78 is 0. The van der Waals surface area contributed by atoms with Gasteiger partial charge in [0.2, 0.25) is 0 Å². The van der Waals surface area contributed by atoms with Crippen LogP contribution in [0.1, 0.15) is 0 Å². The molecule has 0 aliphatic carbocycles. The molecule has 0 aromatic carbocycles. The number of hydrogen-bond donors (Lipinski definition) is 4. The summed E-state index contributed by atoms with van der Waals surface area (Å²) in [5.74, 6) is 0.257. The average molecular weight is 147 g/mol. The van der Waals surface area contributed by atoms with E-state index in [1.807, 2.05) is 0 Å². The Bertz CT molecular complexity index is 115. The summed E-state index contributed by atoms with van der Waals surface area (Å²) >= 11 is 0. The van der Waals surface area contributed by atoms with Gasteiger partial charge in [0.1, 0.15) is 0 Å². The van der Waals surface area contributed by atoms with Crippen molar-refractivity contribution in [1.82, 2.24) is 5.32 Å². The van der Waals surface area contributed by atoms with Crippen molar-refractivity contribution in [2.75, 3.05) is 20.2 Å². The molecular weight excluding hydrogens is 134 g/mol. The first-order valence-corrected chi connectivity index (χ1v) is 2.95. The van der Waals surface area contributed by atoms with E-state index in [1.165, 1.54) is 7.05 Å². The molecule has 0 spiro atoms. The lowest BCUT2D eigenvalue weighted by Crippen LogP contribution is -2.38. The Hall–Kier alpha value is -0.810. The zero-order valence-electron chi connectivity index (χ0n) is 5.91. The summed E-state index contributed by atoms with van der Waals surface area (Å²) in [4.78, 5) is 3.59. The number of guanidine groups is 1. The number of nitrogens with two attached hydrogens (primary N) is 1. The number of aliphatic hydroxyl groups excluding tert-OH is 2. The molecule has 0 heterocycles. The molecule has 0 aliphatic rings. The Balaban J connectivity index is 3.35. The molecule has 0 radical (unpaired) electrons. The van der Waals surface area contributed by atoms with Crippen LogP contribution in [0.3, 0.4) is 0 Å². The molecule has 5 N–H and O–H groups in total. The quantitative estimate of drug-likeness (QED) is 0.271. The molecular formula is C5H13N3O2. The maximum absolute atomic E-state index is 8.78. The van der Waals surface area contributed by atoms with Crippen LogP contribution in [0.5, 0.6) is 0 Å². The van der Waals surface area contributed by atoms with E-state index in [0.29, 0.717) is 0 Å². The Morgan fingerprint density at radius 2 is 2.40 bits per heavy atom. The highest BCUT2D eigenvalue weighted by Gasteiger charge is 1.99. The van der Waals surface area contributed by atoms with Gasteiger partial charge in [-0.25, -0.2) is 0 Å². The van der Waals surface area contributed by atoms with E-state index >= 15 is 0 Å². The lowest BCUT2D eigenvalue weighted by atomic mass is 10.4. The van der Waals surface area contributed by atoms with E-state index in [4.69, 9.17) is 15.9 Å². The second kappa shape index (κ2) is 5.01. The molecule has 1 unspecified atom stereocenters. The first-order valence-electron chi connectivity index (χ1n) is 2.95. The molecule has 60 valence electrons. The Labute approximate surface area is 59.6 Å². The summed E-state index contributed by atoms with van der Waals surface area (Å²) in [7, 11) is 1.54. The molecule has 0 fully saturated rings. The molecule has 10 heavy (non-hydrogen) atoms. The van der Waals surface area contributed by atoms with Crippen molar-refractivity contribution in [3.63, 3.8) is 0 Å². The fraction of sp³-hybridized carbons (Fsp3) is 0.800. The van der Waals surface area contributed by atoms with Gasteiger partial charge in [0.15, 0.2) is 5.96 Å². The maximum Gasteiger partial charge on any atom is 0.188 e. The minimum absolute atomic E-state index is 0.222. The zero-order valence-corrected chi connectivity index (χ0v) is 5.91. The van der Waals surface area contributed by atoms with E-state index < -0.39 is 6.10 Å². The molecule has 0 saturated carbocycles. The fourth-order valence-electron chi connectivity index (χ4n) is 0.366. The maximum atomic E-state index is 8.78. The molecule has 5 nitrogen and oxygen atoms in total. The number of aliphatic imine (C=N–C) groups is 1. The Kier molecular flexibility index (Phi) is 4.61. The first kappa shape index (κ1) is 9.19. The lowest BCUT2D eigenvalue weighted by molar-refractivity contribution is 0.0982.